The lowest BCUT2D eigenvalue weighted by atomic mass is 10.1. The van der Waals surface area contributed by atoms with E-state index >= 15 is 0 Å². The third kappa shape index (κ3) is 12.1. The first kappa shape index (κ1) is 35.2. The predicted octanol–water partition coefficient (Wildman–Crippen LogP) is 5.40. The number of aliphatic imine (C=N–C) groups is 1. The predicted molar refractivity (Wildman–Crippen MR) is 150 cm³/mol. The first-order valence-corrected chi connectivity index (χ1v) is 15.7. The molecule has 2 rings (SSSR count). The van der Waals surface area contributed by atoms with Crippen LogP contribution < -0.4 is 15.4 Å². The Morgan fingerprint density at radius 3 is 2.29 bits per heavy atom. The van der Waals surface area contributed by atoms with Crippen molar-refractivity contribution in [3.63, 3.8) is 0 Å². The van der Waals surface area contributed by atoms with Gasteiger partial charge >= 0.3 is 5.97 Å². The van der Waals surface area contributed by atoms with Crippen LogP contribution in [0.25, 0.3) is 10.4 Å². The van der Waals surface area contributed by atoms with Crippen LogP contribution in [0.1, 0.15) is 51.4 Å². The summed E-state index contributed by atoms with van der Waals surface area (Å²) in [7, 11) is 3.76. The Labute approximate surface area is 247 Å². The second-order valence-electron chi connectivity index (χ2n) is 9.21. The summed E-state index contributed by atoms with van der Waals surface area (Å²) >= 11 is 0. The van der Waals surface area contributed by atoms with Gasteiger partial charge in [0.2, 0.25) is 46.6 Å². The van der Waals surface area contributed by atoms with Crippen LogP contribution in [0.3, 0.4) is 0 Å². The standard InChI is InChI=1S/C25H31F5N6O4S2/c26-19-20(27)22(29)24(23(30)21(19)28)40-25(39)16(35-18(38)6-2-4-10-34-36-31)7-11-32-12-8-17(37)33-9-3-1-5-15-13-41-42-14-15/h12,15-16H,1-11,13-14H2,(H,33,37)(H,35,38). The molecule has 1 aliphatic heterocycles. The van der Waals surface area contributed by atoms with Gasteiger partial charge in [-0.3, -0.25) is 14.6 Å². The maximum atomic E-state index is 14.0. The molecule has 0 aliphatic carbocycles. The van der Waals surface area contributed by atoms with Crippen molar-refractivity contribution in [2.75, 3.05) is 31.1 Å². The Morgan fingerprint density at radius 1 is 0.952 bits per heavy atom. The average molecular weight is 639 g/mol. The number of hydrogen-bond donors (Lipinski definition) is 2. The van der Waals surface area contributed by atoms with E-state index in [-0.39, 0.29) is 44.7 Å². The number of halogens is 5. The summed E-state index contributed by atoms with van der Waals surface area (Å²) in [6.45, 7) is 0.523. The van der Waals surface area contributed by atoms with Crippen molar-refractivity contribution in [1.29, 1.82) is 0 Å². The fourth-order valence-corrected chi connectivity index (χ4v) is 6.71. The lowest BCUT2D eigenvalue weighted by molar-refractivity contribution is -0.140. The first-order chi connectivity index (χ1) is 20.1. The second-order valence-corrected chi connectivity index (χ2v) is 11.8. The molecule has 0 spiro atoms. The molecule has 42 heavy (non-hydrogen) atoms. The molecule has 1 aromatic rings. The van der Waals surface area contributed by atoms with Crippen molar-refractivity contribution in [2.24, 2.45) is 16.0 Å². The minimum atomic E-state index is -2.42. The number of ether oxygens (including phenoxy) is 1. The van der Waals surface area contributed by atoms with Gasteiger partial charge in [0.15, 0.2) is 0 Å². The smallest absolute Gasteiger partial charge is 0.334 e. The zero-order valence-electron chi connectivity index (χ0n) is 22.6. The summed E-state index contributed by atoms with van der Waals surface area (Å²) < 4.78 is 72.9. The first-order valence-electron chi connectivity index (χ1n) is 13.2. The van der Waals surface area contributed by atoms with E-state index < -0.39 is 52.8 Å². The number of unbranched alkanes of at least 4 members (excludes halogenated alkanes) is 2. The molecule has 0 aromatic heterocycles. The molecule has 0 radical (unpaired) electrons. The highest BCUT2D eigenvalue weighted by Gasteiger charge is 2.31. The monoisotopic (exact) mass is 638 g/mol. The maximum absolute atomic E-state index is 14.0. The van der Waals surface area contributed by atoms with Crippen molar-refractivity contribution in [3.8, 4) is 5.75 Å². The molecule has 1 atom stereocenters. The third-order valence-corrected chi connectivity index (χ3v) is 8.67. The molecule has 0 bridgehead atoms. The highest BCUT2D eigenvalue weighted by molar-refractivity contribution is 8.77. The Morgan fingerprint density at radius 2 is 1.62 bits per heavy atom. The summed E-state index contributed by atoms with van der Waals surface area (Å²) in [6.07, 6.45) is 4.49. The molecule has 1 unspecified atom stereocenters. The number of hydrogen-bond acceptors (Lipinski definition) is 8. The third-order valence-electron chi connectivity index (χ3n) is 5.97. The quantitative estimate of drug-likeness (QED) is 0.0188. The molecule has 2 N–H and O–H groups in total. The van der Waals surface area contributed by atoms with E-state index in [1.54, 1.807) is 0 Å². The second kappa shape index (κ2) is 19.2. The van der Waals surface area contributed by atoms with Gasteiger partial charge in [-0.1, -0.05) is 33.1 Å². The fraction of sp³-hybridized carbons (Fsp3) is 0.600. The minimum Gasteiger partial charge on any atom is -0.418 e. The van der Waals surface area contributed by atoms with Crippen molar-refractivity contribution in [2.45, 2.75) is 57.4 Å². The number of esters is 1. The zero-order valence-corrected chi connectivity index (χ0v) is 24.2. The minimum absolute atomic E-state index is 0.0485. The van der Waals surface area contributed by atoms with Gasteiger partial charge in [-0.25, -0.2) is 18.0 Å². The lowest BCUT2D eigenvalue weighted by Gasteiger charge is -2.17. The summed E-state index contributed by atoms with van der Waals surface area (Å²) in [4.78, 5) is 43.5. The van der Waals surface area contributed by atoms with E-state index in [1.807, 2.05) is 21.6 Å². The van der Waals surface area contributed by atoms with E-state index in [0.29, 0.717) is 18.9 Å². The topological polar surface area (TPSA) is 146 Å². The largest absolute Gasteiger partial charge is 0.418 e. The number of carbonyl (C=O) groups excluding carboxylic acids is 3. The highest BCUT2D eigenvalue weighted by Crippen LogP contribution is 2.36. The SMILES string of the molecule is [N-]=[N+]=NCCCCC(=O)NC(CCN=CCC(=O)NCCCCC1CSSC1)C(=O)Oc1c(F)c(F)c(F)c(F)c1F. The van der Waals surface area contributed by atoms with Crippen LogP contribution in [0.4, 0.5) is 22.0 Å². The van der Waals surface area contributed by atoms with Gasteiger partial charge < -0.3 is 15.4 Å². The van der Waals surface area contributed by atoms with E-state index in [0.717, 1.165) is 30.8 Å². The molecule has 10 nitrogen and oxygen atoms in total. The van der Waals surface area contributed by atoms with Crippen LogP contribution >= 0.6 is 21.6 Å². The van der Waals surface area contributed by atoms with E-state index in [2.05, 4.69) is 30.4 Å². The van der Waals surface area contributed by atoms with Crippen LogP contribution in [0, 0.1) is 35.0 Å². The number of benzene rings is 1. The van der Waals surface area contributed by atoms with E-state index in [4.69, 9.17) is 5.53 Å². The zero-order chi connectivity index (χ0) is 30.9. The van der Waals surface area contributed by atoms with Gasteiger partial charge in [-0.15, -0.1) is 0 Å². The van der Waals surface area contributed by atoms with Crippen molar-refractivity contribution in [1.82, 2.24) is 10.6 Å². The Bertz CT molecular complexity index is 1140. The van der Waals surface area contributed by atoms with Gasteiger partial charge in [0, 0.05) is 48.7 Å². The molecular weight excluding hydrogens is 607 g/mol. The number of nitrogens with one attached hydrogen (secondary N) is 2. The molecule has 232 valence electrons. The van der Waals surface area contributed by atoms with Crippen LogP contribution in [0.2, 0.25) is 0 Å². The van der Waals surface area contributed by atoms with Gasteiger partial charge in [0.05, 0.1) is 6.42 Å². The van der Waals surface area contributed by atoms with Crippen molar-refractivity contribution < 1.29 is 41.1 Å². The lowest BCUT2D eigenvalue weighted by Crippen LogP contribution is -2.43. The van der Waals surface area contributed by atoms with Crippen molar-refractivity contribution in [3.05, 3.63) is 39.5 Å². The fourth-order valence-electron chi connectivity index (χ4n) is 3.68. The Balaban J connectivity index is 1.89. The molecule has 1 heterocycles. The summed E-state index contributed by atoms with van der Waals surface area (Å²) in [5.41, 5.74) is 8.28. The van der Waals surface area contributed by atoms with E-state index in [9.17, 15) is 36.3 Å². The summed E-state index contributed by atoms with van der Waals surface area (Å²) in [5.74, 6) is -12.9. The van der Waals surface area contributed by atoms with E-state index in [1.165, 1.54) is 6.21 Å². The number of amides is 2. The Kier molecular flexibility index (Phi) is 16.1. The van der Waals surface area contributed by atoms with Gasteiger partial charge in [-0.2, -0.15) is 8.78 Å². The van der Waals surface area contributed by atoms with Crippen LogP contribution in [0.15, 0.2) is 10.1 Å². The normalized spacial score (nSPS) is 14.0. The summed E-state index contributed by atoms with van der Waals surface area (Å²) in [5, 5.41) is 8.39. The average Bonchev–Trinajstić information content (AvgIpc) is 3.49. The van der Waals surface area contributed by atoms with Gasteiger partial charge in [-0.05, 0) is 43.6 Å². The van der Waals surface area contributed by atoms with Crippen LogP contribution in [-0.4, -0.2) is 61.2 Å². The molecule has 1 aromatic carbocycles. The van der Waals surface area contributed by atoms with Gasteiger partial charge in [0.1, 0.15) is 6.04 Å². The molecular formula is C25H31F5N6O4S2. The molecule has 2 amide bonds. The molecule has 0 saturated carbocycles. The summed E-state index contributed by atoms with van der Waals surface area (Å²) in [6, 6.07) is -1.56. The van der Waals surface area contributed by atoms with Crippen molar-refractivity contribution >= 4 is 45.6 Å². The van der Waals surface area contributed by atoms with Crippen LogP contribution in [-0.2, 0) is 14.4 Å². The Hall–Kier alpha value is -3.04. The maximum Gasteiger partial charge on any atom is 0.334 e. The number of rotatable bonds is 18. The molecule has 1 saturated heterocycles. The van der Waals surface area contributed by atoms with Gasteiger partial charge in [0.25, 0.3) is 0 Å². The molecule has 17 heteroatoms. The molecule has 1 fully saturated rings. The number of carbonyl (C=O) groups is 3. The van der Waals surface area contributed by atoms with Crippen LogP contribution in [0.5, 0.6) is 5.75 Å². The number of nitrogens with zero attached hydrogens (tertiary/aromatic N) is 4. The number of azide groups is 1. The molecule has 1 aliphatic rings. The highest BCUT2D eigenvalue weighted by atomic mass is 33.1.